The molecule has 0 fully saturated rings. The maximum Gasteiger partial charge on any atom is 0.218 e. The number of hydrogen-bond acceptors (Lipinski definition) is 3. The lowest BCUT2D eigenvalue weighted by Gasteiger charge is -2.04. The summed E-state index contributed by atoms with van der Waals surface area (Å²) in [6.45, 7) is 3.26. The zero-order chi connectivity index (χ0) is 12.3. The van der Waals surface area contributed by atoms with Crippen LogP contribution in [0.5, 0.6) is 0 Å². The summed E-state index contributed by atoms with van der Waals surface area (Å²) in [5.74, 6) is -0.285. The largest absolute Gasteiger partial charge is 0.370 e. The van der Waals surface area contributed by atoms with Gasteiger partial charge in [-0.25, -0.2) is 4.98 Å². The van der Waals surface area contributed by atoms with Crippen molar-refractivity contribution in [3.63, 3.8) is 0 Å². The molecular weight excluding hydrogens is 216 g/mol. The van der Waals surface area contributed by atoms with Gasteiger partial charge in [-0.3, -0.25) is 4.79 Å². The first-order valence-electron chi connectivity index (χ1n) is 5.60. The highest BCUT2D eigenvalue weighted by molar-refractivity contribution is 5.73. The fourth-order valence-electron chi connectivity index (χ4n) is 1.80. The first kappa shape index (κ1) is 11.6. The molecule has 0 saturated heterocycles. The average molecular weight is 232 g/mol. The Morgan fingerprint density at radius 2 is 2.35 bits per heavy atom. The molecule has 2 rings (SSSR count). The summed E-state index contributed by atoms with van der Waals surface area (Å²) < 4.78 is 2.05. The highest BCUT2D eigenvalue weighted by Crippen LogP contribution is 2.11. The van der Waals surface area contributed by atoms with Crippen LogP contribution in [-0.2, 0) is 11.3 Å². The molecule has 17 heavy (non-hydrogen) atoms. The minimum absolute atomic E-state index is 0.285. The summed E-state index contributed by atoms with van der Waals surface area (Å²) in [5.41, 5.74) is 8.14. The van der Waals surface area contributed by atoms with Gasteiger partial charge in [0, 0.05) is 25.7 Å². The molecule has 0 aliphatic rings. The normalized spacial score (nSPS) is 10.9. The van der Waals surface area contributed by atoms with Crippen LogP contribution in [0.1, 0.15) is 17.8 Å². The van der Waals surface area contributed by atoms with E-state index in [9.17, 15) is 4.79 Å². The van der Waals surface area contributed by atoms with Crippen molar-refractivity contribution in [3.05, 3.63) is 35.8 Å². The number of nitrogens with zero attached hydrogens (tertiary/aromatic N) is 2. The van der Waals surface area contributed by atoms with Gasteiger partial charge < -0.3 is 15.5 Å². The van der Waals surface area contributed by atoms with Gasteiger partial charge in [-0.1, -0.05) is 6.07 Å². The number of aromatic nitrogens is 2. The number of rotatable bonds is 5. The van der Waals surface area contributed by atoms with Gasteiger partial charge in [-0.15, -0.1) is 0 Å². The second-order valence-corrected chi connectivity index (χ2v) is 3.97. The predicted molar refractivity (Wildman–Crippen MR) is 65.4 cm³/mol. The predicted octanol–water partition coefficient (Wildman–Crippen LogP) is 0.608. The Morgan fingerprint density at radius 1 is 1.53 bits per heavy atom. The minimum Gasteiger partial charge on any atom is -0.370 e. The number of pyridine rings is 1. The van der Waals surface area contributed by atoms with E-state index < -0.39 is 0 Å². The number of hydrogen-bond donors (Lipinski definition) is 2. The van der Waals surface area contributed by atoms with Crippen molar-refractivity contribution in [2.24, 2.45) is 5.73 Å². The van der Waals surface area contributed by atoms with Gasteiger partial charge in [-0.05, 0) is 19.1 Å². The summed E-state index contributed by atoms with van der Waals surface area (Å²) in [6, 6.07) is 5.91. The van der Waals surface area contributed by atoms with E-state index >= 15 is 0 Å². The lowest BCUT2D eigenvalue weighted by molar-refractivity contribution is -0.117. The third-order valence-electron chi connectivity index (χ3n) is 2.67. The van der Waals surface area contributed by atoms with Crippen molar-refractivity contribution in [2.75, 3.05) is 6.54 Å². The molecule has 90 valence electrons. The van der Waals surface area contributed by atoms with Gasteiger partial charge in [0.25, 0.3) is 0 Å². The van der Waals surface area contributed by atoms with Crippen LogP contribution in [0.2, 0.25) is 0 Å². The minimum atomic E-state index is -0.285. The maximum atomic E-state index is 10.6. The van der Waals surface area contributed by atoms with Crippen LogP contribution < -0.4 is 11.1 Å². The van der Waals surface area contributed by atoms with Crippen LogP contribution in [-0.4, -0.2) is 21.8 Å². The molecule has 2 aromatic rings. The van der Waals surface area contributed by atoms with Crippen LogP contribution in [0.3, 0.4) is 0 Å². The number of fused-ring (bicyclic) bond motifs is 1. The molecule has 0 atom stereocenters. The smallest absolute Gasteiger partial charge is 0.218 e. The first-order valence-corrected chi connectivity index (χ1v) is 5.60. The fraction of sp³-hybridized carbons (Fsp3) is 0.333. The molecular formula is C12H16N4O. The summed E-state index contributed by atoms with van der Waals surface area (Å²) >= 11 is 0. The lowest BCUT2D eigenvalue weighted by atomic mass is 10.3. The SMILES string of the molecule is Cc1nc2ccccn2c1CNCCC(N)=O. The second kappa shape index (κ2) is 4.97. The van der Waals surface area contributed by atoms with Crippen LogP contribution in [0.4, 0.5) is 0 Å². The number of primary amides is 1. The van der Waals surface area contributed by atoms with E-state index in [2.05, 4.69) is 10.3 Å². The molecule has 1 amide bonds. The number of amides is 1. The van der Waals surface area contributed by atoms with E-state index in [1.807, 2.05) is 35.7 Å². The lowest BCUT2D eigenvalue weighted by Crippen LogP contribution is -2.22. The van der Waals surface area contributed by atoms with Crippen molar-refractivity contribution in [1.29, 1.82) is 0 Å². The Labute approximate surface area is 99.6 Å². The standard InChI is InChI=1S/C12H16N4O/c1-9-10(8-14-6-5-11(13)17)16-7-3-2-4-12(16)15-9/h2-4,7,14H,5-6,8H2,1H3,(H2,13,17). The summed E-state index contributed by atoms with van der Waals surface area (Å²) in [5, 5.41) is 3.19. The van der Waals surface area contributed by atoms with E-state index in [1.54, 1.807) is 0 Å². The number of nitrogens with one attached hydrogen (secondary N) is 1. The highest BCUT2D eigenvalue weighted by atomic mass is 16.1. The first-order chi connectivity index (χ1) is 8.18. The van der Waals surface area contributed by atoms with Crippen LogP contribution in [0.25, 0.3) is 5.65 Å². The van der Waals surface area contributed by atoms with E-state index in [-0.39, 0.29) is 5.91 Å². The van der Waals surface area contributed by atoms with Crippen molar-refractivity contribution < 1.29 is 4.79 Å². The topological polar surface area (TPSA) is 72.4 Å². The number of imidazole rings is 1. The van der Waals surface area contributed by atoms with E-state index in [0.29, 0.717) is 19.5 Å². The van der Waals surface area contributed by atoms with Gasteiger partial charge >= 0.3 is 0 Å². The van der Waals surface area contributed by atoms with Crippen LogP contribution in [0, 0.1) is 6.92 Å². The maximum absolute atomic E-state index is 10.6. The molecule has 2 heterocycles. The van der Waals surface area contributed by atoms with Crippen molar-refractivity contribution in [3.8, 4) is 0 Å². The summed E-state index contributed by atoms with van der Waals surface area (Å²) in [4.78, 5) is 15.1. The quantitative estimate of drug-likeness (QED) is 0.742. The molecule has 0 aliphatic carbocycles. The third-order valence-corrected chi connectivity index (χ3v) is 2.67. The Bertz CT molecular complexity index is 532. The molecule has 0 saturated carbocycles. The van der Waals surface area contributed by atoms with E-state index in [4.69, 9.17) is 5.73 Å². The summed E-state index contributed by atoms with van der Waals surface area (Å²) in [7, 11) is 0. The van der Waals surface area contributed by atoms with Crippen LogP contribution >= 0.6 is 0 Å². The van der Waals surface area contributed by atoms with Crippen molar-refractivity contribution in [1.82, 2.24) is 14.7 Å². The average Bonchev–Trinajstić information content (AvgIpc) is 2.60. The summed E-state index contributed by atoms with van der Waals surface area (Å²) in [6.07, 6.45) is 2.34. The Morgan fingerprint density at radius 3 is 3.12 bits per heavy atom. The van der Waals surface area contributed by atoms with Crippen molar-refractivity contribution in [2.45, 2.75) is 19.9 Å². The molecule has 2 aromatic heterocycles. The van der Waals surface area contributed by atoms with Gasteiger partial charge in [0.1, 0.15) is 5.65 Å². The molecule has 0 unspecified atom stereocenters. The van der Waals surface area contributed by atoms with Gasteiger partial charge in [-0.2, -0.15) is 0 Å². The van der Waals surface area contributed by atoms with Gasteiger partial charge in [0.15, 0.2) is 0 Å². The number of carbonyl (C=O) groups excluding carboxylic acids is 1. The molecule has 0 spiro atoms. The molecule has 0 radical (unpaired) electrons. The monoisotopic (exact) mass is 232 g/mol. The van der Waals surface area contributed by atoms with E-state index in [0.717, 1.165) is 17.0 Å². The molecule has 0 bridgehead atoms. The second-order valence-electron chi connectivity index (χ2n) is 3.97. The molecule has 0 aromatic carbocycles. The molecule has 0 aliphatic heterocycles. The Hall–Kier alpha value is -1.88. The Balaban J connectivity index is 2.07. The third kappa shape index (κ3) is 2.62. The zero-order valence-electron chi connectivity index (χ0n) is 9.81. The fourth-order valence-corrected chi connectivity index (χ4v) is 1.80. The molecule has 3 N–H and O–H groups in total. The molecule has 5 nitrogen and oxygen atoms in total. The number of nitrogens with two attached hydrogens (primary N) is 1. The van der Waals surface area contributed by atoms with Crippen molar-refractivity contribution >= 4 is 11.6 Å². The number of carbonyl (C=O) groups is 1. The Kier molecular flexibility index (Phi) is 3.39. The van der Waals surface area contributed by atoms with Gasteiger partial charge in [0.05, 0.1) is 11.4 Å². The van der Waals surface area contributed by atoms with Gasteiger partial charge in [0.2, 0.25) is 5.91 Å². The van der Waals surface area contributed by atoms with E-state index in [1.165, 1.54) is 0 Å². The highest BCUT2D eigenvalue weighted by Gasteiger charge is 2.07. The number of aryl methyl sites for hydroxylation is 1. The molecule has 5 heteroatoms. The zero-order valence-corrected chi connectivity index (χ0v) is 9.81. The van der Waals surface area contributed by atoms with Crippen LogP contribution in [0.15, 0.2) is 24.4 Å².